The molecule has 9 nitrogen and oxygen atoms in total. The average molecular weight is 695 g/mol. The predicted molar refractivity (Wildman–Crippen MR) is 181 cm³/mol. The highest BCUT2D eigenvalue weighted by atomic mass is 79.9. The normalized spacial score (nSPS) is 13.6. The van der Waals surface area contributed by atoms with E-state index in [0.29, 0.717) is 33.6 Å². The molecule has 0 spiro atoms. The molecule has 0 atom stereocenters. The third-order valence-electron chi connectivity index (χ3n) is 7.33. The number of nitrogens with one attached hydrogen (secondary N) is 3. The first kappa shape index (κ1) is 34.3. The van der Waals surface area contributed by atoms with Gasteiger partial charge in [-0.2, -0.15) is 0 Å². The first-order valence-electron chi connectivity index (χ1n) is 13.5. The number of aryl methyl sites for hydroxylation is 1. The van der Waals surface area contributed by atoms with Crippen LogP contribution in [0.3, 0.4) is 0 Å². The van der Waals surface area contributed by atoms with Crippen LogP contribution in [-0.2, 0) is 13.1 Å². The van der Waals surface area contributed by atoms with Gasteiger partial charge < -0.3 is 25.4 Å². The Labute approximate surface area is 270 Å². The molecule has 1 saturated heterocycles. The molecule has 3 heterocycles. The molecule has 1 fully saturated rings. The number of nitrogens with zero attached hydrogens (tertiary/aromatic N) is 4. The number of pyridine rings is 2. The van der Waals surface area contributed by atoms with Crippen molar-refractivity contribution in [3.8, 4) is 11.1 Å². The number of hydrogen-bond donors (Lipinski definition) is 3. The Morgan fingerprint density at radius 1 is 1.02 bits per heavy atom. The number of aromatic nitrogens is 2. The Hall–Kier alpha value is -3.22. The average Bonchev–Trinajstić information content (AvgIpc) is 2.95. The molecule has 3 N–H and O–H groups in total. The smallest absolute Gasteiger partial charge is 0.323 e. The van der Waals surface area contributed by atoms with Crippen molar-refractivity contribution in [3.05, 3.63) is 80.9 Å². The summed E-state index contributed by atoms with van der Waals surface area (Å²) in [6.07, 6.45) is 1.69. The van der Waals surface area contributed by atoms with Gasteiger partial charge in [-0.05, 0) is 49.9 Å². The third kappa shape index (κ3) is 7.84. The van der Waals surface area contributed by atoms with Crippen LogP contribution in [0.25, 0.3) is 22.0 Å². The van der Waals surface area contributed by atoms with E-state index in [1.54, 1.807) is 29.9 Å². The van der Waals surface area contributed by atoms with Crippen LogP contribution in [0.15, 0.2) is 64.0 Å². The van der Waals surface area contributed by atoms with Crippen LogP contribution in [-0.4, -0.2) is 65.7 Å². The van der Waals surface area contributed by atoms with Gasteiger partial charge in [-0.25, -0.2) is 14.2 Å². The number of piperazine rings is 1. The molecule has 2 aromatic carbocycles. The van der Waals surface area contributed by atoms with Gasteiger partial charge in [0.2, 0.25) is 0 Å². The number of carbonyl (C=O) groups is 1. The number of urea groups is 1. The molecule has 2 aromatic heterocycles. The van der Waals surface area contributed by atoms with E-state index in [1.807, 2.05) is 31.2 Å². The monoisotopic (exact) mass is 693 g/mol. The summed E-state index contributed by atoms with van der Waals surface area (Å²) in [5, 5.41) is 9.17. The lowest BCUT2D eigenvalue weighted by atomic mass is 10.0. The number of benzene rings is 2. The van der Waals surface area contributed by atoms with Crippen LogP contribution in [0.4, 0.5) is 26.4 Å². The molecule has 230 valence electrons. The number of anilines is 3. The zero-order valence-corrected chi connectivity index (χ0v) is 27.3. The number of rotatable bonds is 7. The minimum atomic E-state index is -0.628. The fourth-order valence-electron chi connectivity index (χ4n) is 5.06. The topological polar surface area (TPSA) is 94.5 Å². The van der Waals surface area contributed by atoms with Crippen LogP contribution >= 0.6 is 40.7 Å². The quantitative estimate of drug-likeness (QED) is 0.212. The largest absolute Gasteiger partial charge is 0.373 e. The lowest BCUT2D eigenvalue weighted by molar-refractivity contribution is 0.148. The van der Waals surface area contributed by atoms with Crippen molar-refractivity contribution in [2.45, 2.75) is 20.0 Å². The van der Waals surface area contributed by atoms with Gasteiger partial charge in [-0.3, -0.25) is 9.69 Å². The van der Waals surface area contributed by atoms with E-state index in [2.05, 4.69) is 53.7 Å². The third-order valence-corrected chi connectivity index (χ3v) is 7.99. The molecule has 5 rings (SSSR count). The van der Waals surface area contributed by atoms with Crippen molar-refractivity contribution in [3.63, 3.8) is 0 Å². The standard InChI is InChI=1S/C30H33BrFN7O2.2ClH/c1-4-39-27-16-28(33-2)34-17-20(27)13-23(29(39)40)22-14-26(25(32)15-24(22)31)36-30(41)35-21-7-5-6-19(12-21)18-38-10-8-37(3)9-11-38;;/h5-7,12-17H,4,8-11,18H2,1-3H3,(H,33,34)(H2,35,36,41);2*1H. The summed E-state index contributed by atoms with van der Waals surface area (Å²) in [7, 11) is 3.89. The molecule has 1 aliphatic heterocycles. The van der Waals surface area contributed by atoms with E-state index < -0.39 is 11.8 Å². The molecular formula is C30H35BrCl2FN7O2. The van der Waals surface area contributed by atoms with Gasteiger partial charge >= 0.3 is 6.03 Å². The van der Waals surface area contributed by atoms with Crippen molar-refractivity contribution in [1.82, 2.24) is 19.4 Å². The SMILES string of the molecule is CCn1c(=O)c(-c2cc(NC(=O)Nc3cccc(CN4CCN(C)CC4)c3)c(F)cc2Br)cc2cnc(NC)cc21.Cl.Cl. The van der Waals surface area contributed by atoms with Crippen LogP contribution in [0.1, 0.15) is 12.5 Å². The van der Waals surface area contributed by atoms with Gasteiger partial charge in [-0.15, -0.1) is 24.8 Å². The van der Waals surface area contributed by atoms with Crippen LogP contribution in [0.2, 0.25) is 0 Å². The molecular weight excluding hydrogens is 660 g/mol. The summed E-state index contributed by atoms with van der Waals surface area (Å²) in [6, 6.07) is 13.4. The number of hydrogen-bond acceptors (Lipinski definition) is 6. The summed E-state index contributed by atoms with van der Waals surface area (Å²) in [6.45, 7) is 7.17. The summed E-state index contributed by atoms with van der Waals surface area (Å²) < 4.78 is 17.0. The van der Waals surface area contributed by atoms with Gasteiger partial charge in [-0.1, -0.05) is 28.1 Å². The molecule has 0 bridgehead atoms. The van der Waals surface area contributed by atoms with E-state index in [9.17, 15) is 14.0 Å². The fourth-order valence-corrected chi connectivity index (χ4v) is 5.59. The second kappa shape index (κ2) is 15.0. The maximum atomic E-state index is 15.0. The lowest BCUT2D eigenvalue weighted by Crippen LogP contribution is -2.43. The summed E-state index contributed by atoms with van der Waals surface area (Å²) >= 11 is 3.41. The molecule has 4 aromatic rings. The second-order valence-electron chi connectivity index (χ2n) is 10.2. The molecule has 0 aliphatic carbocycles. The maximum Gasteiger partial charge on any atom is 0.323 e. The molecule has 13 heteroatoms. The summed E-state index contributed by atoms with van der Waals surface area (Å²) in [5.74, 6) is 0.0219. The number of halogens is 4. The molecule has 0 saturated carbocycles. The van der Waals surface area contributed by atoms with Gasteiger partial charge in [0.05, 0.1) is 11.2 Å². The Kier molecular flexibility index (Phi) is 11.9. The van der Waals surface area contributed by atoms with E-state index in [0.717, 1.165) is 49.2 Å². The van der Waals surface area contributed by atoms with E-state index in [4.69, 9.17) is 0 Å². The molecule has 2 amide bonds. The van der Waals surface area contributed by atoms with Crippen LogP contribution < -0.4 is 21.5 Å². The van der Waals surface area contributed by atoms with E-state index in [1.165, 1.54) is 12.1 Å². The van der Waals surface area contributed by atoms with Crippen LogP contribution in [0.5, 0.6) is 0 Å². The van der Waals surface area contributed by atoms with Gasteiger partial charge in [0.15, 0.2) is 0 Å². The number of fused-ring (bicyclic) bond motifs is 1. The Balaban J connectivity index is 0.00000253. The van der Waals surface area contributed by atoms with Crippen LogP contribution in [0, 0.1) is 5.82 Å². The first-order chi connectivity index (χ1) is 19.7. The van der Waals surface area contributed by atoms with Crippen molar-refractivity contribution in [2.24, 2.45) is 0 Å². The van der Waals surface area contributed by atoms with Crippen molar-refractivity contribution < 1.29 is 9.18 Å². The fraction of sp³-hybridized carbons (Fsp3) is 0.300. The maximum absolute atomic E-state index is 15.0. The zero-order chi connectivity index (χ0) is 29.1. The van der Waals surface area contributed by atoms with E-state index >= 15 is 0 Å². The highest BCUT2D eigenvalue weighted by Gasteiger charge is 2.18. The van der Waals surface area contributed by atoms with Crippen molar-refractivity contribution >= 4 is 74.9 Å². The van der Waals surface area contributed by atoms with Crippen molar-refractivity contribution in [2.75, 3.05) is 56.2 Å². The van der Waals surface area contributed by atoms with E-state index in [-0.39, 0.29) is 36.1 Å². The Bertz CT molecular complexity index is 1660. The van der Waals surface area contributed by atoms with Gasteiger partial charge in [0.25, 0.3) is 5.56 Å². The zero-order valence-electron chi connectivity index (χ0n) is 24.1. The Morgan fingerprint density at radius 2 is 1.77 bits per heavy atom. The minimum absolute atomic E-state index is 0. The molecule has 0 unspecified atom stereocenters. The highest BCUT2D eigenvalue weighted by Crippen LogP contribution is 2.33. The predicted octanol–water partition coefficient (Wildman–Crippen LogP) is 6.26. The van der Waals surface area contributed by atoms with Crippen molar-refractivity contribution in [1.29, 1.82) is 0 Å². The van der Waals surface area contributed by atoms with Gasteiger partial charge in [0.1, 0.15) is 11.6 Å². The second-order valence-corrected chi connectivity index (χ2v) is 11.0. The molecule has 0 radical (unpaired) electrons. The molecule has 43 heavy (non-hydrogen) atoms. The summed E-state index contributed by atoms with van der Waals surface area (Å²) in [5.41, 5.74) is 3.00. The number of likely N-dealkylation sites (N-methyl/N-ethyl adjacent to an activating group) is 1. The summed E-state index contributed by atoms with van der Waals surface area (Å²) in [4.78, 5) is 35.5. The first-order valence-corrected chi connectivity index (χ1v) is 14.3. The Morgan fingerprint density at radius 3 is 2.47 bits per heavy atom. The van der Waals surface area contributed by atoms with Gasteiger partial charge in [0, 0.05) is 85.3 Å². The molecule has 1 aliphatic rings. The highest BCUT2D eigenvalue weighted by molar-refractivity contribution is 9.10. The number of carbonyl (C=O) groups excluding carboxylic acids is 1. The minimum Gasteiger partial charge on any atom is -0.373 e. The number of amides is 2. The lowest BCUT2D eigenvalue weighted by Gasteiger charge is -2.32.